The Hall–Kier alpha value is -3.16. The zero-order valence-corrected chi connectivity index (χ0v) is 17.1. The number of imidazole rings is 1. The Kier molecular flexibility index (Phi) is 5.33. The van der Waals surface area contributed by atoms with Crippen molar-refractivity contribution in [1.29, 1.82) is 0 Å². The summed E-state index contributed by atoms with van der Waals surface area (Å²) in [4.78, 5) is 29.1. The number of nitrogens with zero attached hydrogens (tertiary/aromatic N) is 3. The molecular weight excluding hydrogens is 408 g/mol. The van der Waals surface area contributed by atoms with Crippen LogP contribution in [0.4, 0.5) is 0 Å². The van der Waals surface area contributed by atoms with Gasteiger partial charge in [0.25, 0.3) is 11.5 Å². The van der Waals surface area contributed by atoms with Crippen molar-refractivity contribution in [1.82, 2.24) is 19.4 Å². The number of aromatic nitrogens is 3. The number of amides is 1. The van der Waals surface area contributed by atoms with E-state index in [0.717, 1.165) is 22.6 Å². The van der Waals surface area contributed by atoms with Crippen LogP contribution in [0.2, 0.25) is 4.34 Å². The molecule has 0 aliphatic rings. The molecule has 3 aromatic heterocycles. The zero-order valence-electron chi connectivity index (χ0n) is 15.5. The average Bonchev–Trinajstić information content (AvgIpc) is 3.37. The molecule has 146 valence electrons. The number of carbonyl (C=O) groups is 1. The lowest BCUT2D eigenvalue weighted by molar-refractivity contribution is 0.0954. The molecule has 0 spiro atoms. The second kappa shape index (κ2) is 8.06. The summed E-state index contributed by atoms with van der Waals surface area (Å²) in [5.41, 5.74) is 3.38. The second-order valence-electron chi connectivity index (χ2n) is 6.49. The Bertz CT molecular complexity index is 1220. The number of halogens is 1. The third-order valence-corrected chi connectivity index (χ3v) is 5.58. The number of hydrogen-bond donors (Lipinski definition) is 1. The molecule has 0 aliphatic heterocycles. The predicted molar refractivity (Wildman–Crippen MR) is 114 cm³/mol. The third kappa shape index (κ3) is 4.31. The summed E-state index contributed by atoms with van der Waals surface area (Å²) < 4.78 is 4.06. The van der Waals surface area contributed by atoms with Crippen molar-refractivity contribution in [3.63, 3.8) is 0 Å². The van der Waals surface area contributed by atoms with Crippen molar-refractivity contribution in [3.8, 4) is 11.4 Å². The minimum absolute atomic E-state index is 0.0731. The Morgan fingerprint density at radius 2 is 1.83 bits per heavy atom. The van der Waals surface area contributed by atoms with Crippen LogP contribution in [0.25, 0.3) is 11.4 Å². The largest absolute Gasteiger partial charge is 0.346 e. The van der Waals surface area contributed by atoms with E-state index in [2.05, 4.69) is 10.3 Å². The average molecular weight is 425 g/mol. The number of nitrogens with one attached hydrogen (secondary N) is 1. The monoisotopic (exact) mass is 424 g/mol. The van der Waals surface area contributed by atoms with Gasteiger partial charge in [0, 0.05) is 29.8 Å². The summed E-state index contributed by atoms with van der Waals surface area (Å²) >= 11 is 7.10. The lowest BCUT2D eigenvalue weighted by atomic mass is 10.2. The van der Waals surface area contributed by atoms with Gasteiger partial charge in [0.05, 0.1) is 27.8 Å². The molecule has 0 bridgehead atoms. The fraction of sp³-hybridized carbons (Fsp3) is 0.0952. The molecule has 4 rings (SSSR count). The number of rotatable bonds is 5. The van der Waals surface area contributed by atoms with E-state index in [4.69, 9.17) is 11.6 Å². The fourth-order valence-electron chi connectivity index (χ4n) is 2.87. The predicted octanol–water partition coefficient (Wildman–Crippen LogP) is 3.98. The van der Waals surface area contributed by atoms with E-state index in [-0.39, 0.29) is 11.5 Å². The fourth-order valence-corrected chi connectivity index (χ4v) is 3.83. The molecule has 4 aromatic rings. The van der Waals surface area contributed by atoms with Crippen LogP contribution in [0.3, 0.4) is 0 Å². The molecular formula is C21H17ClN4O2S. The van der Waals surface area contributed by atoms with Gasteiger partial charge in [-0.25, -0.2) is 4.98 Å². The van der Waals surface area contributed by atoms with E-state index in [1.54, 1.807) is 35.2 Å². The Labute approximate surface area is 176 Å². The van der Waals surface area contributed by atoms with Gasteiger partial charge in [-0.2, -0.15) is 0 Å². The summed E-state index contributed by atoms with van der Waals surface area (Å²) in [6.07, 6.45) is 5.36. The van der Waals surface area contributed by atoms with Gasteiger partial charge in [-0.1, -0.05) is 17.7 Å². The number of aryl methyl sites for hydroxylation is 1. The number of hydrogen-bond acceptors (Lipinski definition) is 4. The molecule has 8 heteroatoms. The minimum Gasteiger partial charge on any atom is -0.346 e. The van der Waals surface area contributed by atoms with Gasteiger partial charge >= 0.3 is 0 Å². The van der Waals surface area contributed by atoms with Gasteiger partial charge in [-0.05, 0) is 48.9 Å². The van der Waals surface area contributed by atoms with Crippen molar-refractivity contribution in [2.24, 2.45) is 0 Å². The van der Waals surface area contributed by atoms with Crippen molar-refractivity contribution < 1.29 is 4.79 Å². The van der Waals surface area contributed by atoms with Gasteiger partial charge in [0.15, 0.2) is 0 Å². The smallest absolute Gasteiger partial charge is 0.261 e. The van der Waals surface area contributed by atoms with Crippen molar-refractivity contribution in [2.75, 3.05) is 0 Å². The summed E-state index contributed by atoms with van der Waals surface area (Å²) in [7, 11) is 0. The Morgan fingerprint density at radius 3 is 2.55 bits per heavy atom. The van der Waals surface area contributed by atoms with E-state index in [9.17, 15) is 9.59 Å². The van der Waals surface area contributed by atoms with Crippen LogP contribution >= 0.6 is 22.9 Å². The topological polar surface area (TPSA) is 68.9 Å². The highest BCUT2D eigenvalue weighted by Gasteiger charge is 2.09. The maximum atomic E-state index is 12.1. The molecule has 0 unspecified atom stereocenters. The maximum Gasteiger partial charge on any atom is 0.261 e. The number of pyridine rings is 1. The van der Waals surface area contributed by atoms with Crippen LogP contribution in [0.5, 0.6) is 0 Å². The van der Waals surface area contributed by atoms with Crippen LogP contribution in [0.15, 0.2) is 72.0 Å². The number of thiophene rings is 1. The zero-order chi connectivity index (χ0) is 20.4. The highest BCUT2D eigenvalue weighted by Crippen LogP contribution is 2.21. The molecule has 0 atom stereocenters. The van der Waals surface area contributed by atoms with E-state index in [1.165, 1.54) is 11.3 Å². The molecule has 1 aromatic carbocycles. The van der Waals surface area contributed by atoms with E-state index in [1.807, 2.05) is 48.1 Å². The van der Waals surface area contributed by atoms with Crippen LogP contribution in [0.1, 0.15) is 20.9 Å². The molecule has 0 radical (unpaired) electrons. The number of benzene rings is 1. The van der Waals surface area contributed by atoms with Gasteiger partial charge < -0.3 is 9.88 Å². The molecule has 0 aliphatic carbocycles. The lowest BCUT2D eigenvalue weighted by Crippen LogP contribution is -2.21. The molecule has 6 nitrogen and oxygen atoms in total. The first kappa shape index (κ1) is 19.2. The van der Waals surface area contributed by atoms with Gasteiger partial charge in [0.2, 0.25) is 0 Å². The first-order chi connectivity index (χ1) is 14.0. The van der Waals surface area contributed by atoms with Crippen LogP contribution in [-0.4, -0.2) is 20.0 Å². The van der Waals surface area contributed by atoms with Gasteiger partial charge in [0.1, 0.15) is 0 Å². The highest BCUT2D eigenvalue weighted by molar-refractivity contribution is 7.17. The van der Waals surface area contributed by atoms with E-state index in [0.29, 0.717) is 15.8 Å². The quantitative estimate of drug-likeness (QED) is 0.527. The molecule has 0 saturated carbocycles. The summed E-state index contributed by atoms with van der Waals surface area (Å²) in [6.45, 7) is 2.27. The molecule has 1 N–H and O–H groups in total. The molecule has 3 heterocycles. The van der Waals surface area contributed by atoms with Gasteiger partial charge in [-0.15, -0.1) is 11.3 Å². The highest BCUT2D eigenvalue weighted by atomic mass is 35.5. The van der Waals surface area contributed by atoms with Crippen LogP contribution < -0.4 is 10.9 Å². The summed E-state index contributed by atoms with van der Waals surface area (Å²) in [5, 5.41) is 2.83. The number of carbonyl (C=O) groups excluding carboxylic acids is 1. The molecule has 0 saturated heterocycles. The van der Waals surface area contributed by atoms with Crippen LogP contribution in [0, 0.1) is 6.92 Å². The summed E-state index contributed by atoms with van der Waals surface area (Å²) in [6, 6.07) is 14.4. The van der Waals surface area contributed by atoms with Crippen LogP contribution in [-0.2, 0) is 6.54 Å². The summed E-state index contributed by atoms with van der Waals surface area (Å²) in [5.74, 6) is -0.176. The SMILES string of the molecule is Cc1ccc(=O)n(-c2ccc(-n3cnc(CNC(=O)c4ccc(Cl)s4)c3)cc2)c1. The second-order valence-corrected chi connectivity index (χ2v) is 8.20. The molecule has 1 amide bonds. The first-order valence-electron chi connectivity index (χ1n) is 8.86. The molecule has 29 heavy (non-hydrogen) atoms. The van der Waals surface area contributed by atoms with Crippen molar-refractivity contribution in [3.05, 3.63) is 98.1 Å². The van der Waals surface area contributed by atoms with E-state index >= 15 is 0 Å². The third-order valence-electron chi connectivity index (χ3n) is 4.35. The Balaban J connectivity index is 1.46. The Morgan fingerprint density at radius 1 is 1.07 bits per heavy atom. The van der Waals surface area contributed by atoms with Crippen molar-refractivity contribution in [2.45, 2.75) is 13.5 Å². The lowest BCUT2D eigenvalue weighted by Gasteiger charge is -2.08. The van der Waals surface area contributed by atoms with E-state index < -0.39 is 0 Å². The first-order valence-corrected chi connectivity index (χ1v) is 10.1. The minimum atomic E-state index is -0.176. The van der Waals surface area contributed by atoms with Gasteiger partial charge in [-0.3, -0.25) is 14.2 Å². The molecule has 0 fully saturated rings. The maximum absolute atomic E-state index is 12.1. The van der Waals surface area contributed by atoms with Crippen molar-refractivity contribution >= 4 is 28.8 Å². The standard InChI is InChI=1S/C21H17ClN4O2S/c1-14-2-9-20(27)26(11-14)17-5-3-16(4-6-17)25-12-15(24-13-25)10-23-21(28)18-7-8-19(22)29-18/h2-9,11-13H,10H2,1H3,(H,23,28). The normalized spacial score (nSPS) is 10.8.